The predicted octanol–water partition coefficient (Wildman–Crippen LogP) is 2.06. The molecule has 0 unspecified atom stereocenters. The van der Waals surface area contributed by atoms with Gasteiger partial charge in [0.25, 0.3) is 5.91 Å². The van der Waals surface area contributed by atoms with Crippen LogP contribution in [-0.4, -0.2) is 44.1 Å². The van der Waals surface area contributed by atoms with Crippen LogP contribution >= 0.6 is 0 Å². The maximum atomic E-state index is 12.3. The number of nitro groups is 1. The number of phenols is 2. The van der Waals surface area contributed by atoms with Gasteiger partial charge in [-0.15, -0.1) is 0 Å². The number of nitro benzene ring substituents is 1. The number of benzene rings is 1. The number of carbonyl (C=O) groups excluding carboxylic acids is 1. The van der Waals surface area contributed by atoms with Crippen molar-refractivity contribution in [1.82, 2.24) is 4.90 Å². The van der Waals surface area contributed by atoms with Crippen molar-refractivity contribution in [2.24, 2.45) is 0 Å². The Morgan fingerprint density at radius 2 is 2.00 bits per heavy atom. The lowest BCUT2D eigenvalue weighted by Gasteiger charge is -2.19. The maximum Gasteiger partial charge on any atom is 0.315 e. The average molecular weight is 335 g/mol. The second-order valence-electron chi connectivity index (χ2n) is 4.84. The normalized spacial score (nSPS) is 11.4. The summed E-state index contributed by atoms with van der Waals surface area (Å²) in [5, 5.41) is 49.2. The van der Waals surface area contributed by atoms with E-state index >= 15 is 0 Å². The molecule has 0 saturated heterocycles. The maximum absolute atomic E-state index is 12.3. The fourth-order valence-electron chi connectivity index (χ4n) is 2.06. The van der Waals surface area contributed by atoms with Gasteiger partial charge in [0.2, 0.25) is 5.75 Å². The Labute approximate surface area is 137 Å². The first-order valence-electron chi connectivity index (χ1n) is 7.11. The molecule has 0 aromatic heterocycles. The number of rotatable bonds is 6. The summed E-state index contributed by atoms with van der Waals surface area (Å²) in [6, 6.07) is 3.18. The van der Waals surface area contributed by atoms with Gasteiger partial charge in [-0.05, 0) is 19.4 Å². The minimum absolute atomic E-state index is 0.312. The molecular formula is C15H17N3O6. The Bertz CT molecular complexity index is 735. The van der Waals surface area contributed by atoms with E-state index < -0.39 is 39.3 Å². The van der Waals surface area contributed by atoms with E-state index in [0.29, 0.717) is 19.5 Å². The lowest BCUT2D eigenvalue weighted by molar-refractivity contribution is -0.386. The van der Waals surface area contributed by atoms with E-state index in [1.807, 2.05) is 6.92 Å². The molecule has 0 heterocycles. The van der Waals surface area contributed by atoms with Gasteiger partial charge in [0.05, 0.1) is 4.92 Å². The van der Waals surface area contributed by atoms with Crippen molar-refractivity contribution in [3.05, 3.63) is 33.4 Å². The number of amides is 1. The van der Waals surface area contributed by atoms with Gasteiger partial charge >= 0.3 is 5.69 Å². The predicted molar refractivity (Wildman–Crippen MR) is 84.1 cm³/mol. The molecule has 0 radical (unpaired) electrons. The van der Waals surface area contributed by atoms with Gasteiger partial charge in [0.15, 0.2) is 11.3 Å². The molecule has 0 aliphatic rings. The SMILES string of the molecule is CCCN(CC)C(=O)/C(C#N)=C(\O)c1cc(O)c(O)c([N+](=O)[O-])c1. The van der Waals surface area contributed by atoms with Crippen LogP contribution in [0, 0.1) is 21.4 Å². The minimum atomic E-state index is -0.970. The number of nitrogens with zero attached hydrogens (tertiary/aromatic N) is 3. The van der Waals surface area contributed by atoms with E-state index in [2.05, 4.69) is 0 Å². The number of carbonyl (C=O) groups is 1. The second kappa shape index (κ2) is 7.82. The highest BCUT2D eigenvalue weighted by Crippen LogP contribution is 2.38. The van der Waals surface area contributed by atoms with Gasteiger partial charge in [-0.1, -0.05) is 6.92 Å². The third-order valence-electron chi connectivity index (χ3n) is 3.26. The van der Waals surface area contributed by atoms with Crippen molar-refractivity contribution >= 4 is 17.4 Å². The van der Waals surface area contributed by atoms with Gasteiger partial charge in [-0.3, -0.25) is 14.9 Å². The smallest absolute Gasteiger partial charge is 0.315 e. The van der Waals surface area contributed by atoms with Crippen molar-refractivity contribution in [2.45, 2.75) is 20.3 Å². The van der Waals surface area contributed by atoms with E-state index in [1.165, 1.54) is 4.90 Å². The summed E-state index contributed by atoms with van der Waals surface area (Å²) in [7, 11) is 0. The molecule has 1 amide bonds. The zero-order chi connectivity index (χ0) is 18.4. The Morgan fingerprint density at radius 3 is 2.46 bits per heavy atom. The summed E-state index contributed by atoms with van der Waals surface area (Å²) in [5.41, 5.74) is -1.79. The van der Waals surface area contributed by atoms with Crippen molar-refractivity contribution in [3.8, 4) is 17.6 Å². The van der Waals surface area contributed by atoms with Crippen LogP contribution in [0.15, 0.2) is 17.7 Å². The summed E-state index contributed by atoms with van der Waals surface area (Å²) < 4.78 is 0. The van der Waals surface area contributed by atoms with E-state index in [4.69, 9.17) is 0 Å². The van der Waals surface area contributed by atoms with Crippen LogP contribution in [0.2, 0.25) is 0 Å². The zero-order valence-electron chi connectivity index (χ0n) is 13.2. The Balaban J connectivity index is 3.47. The first kappa shape index (κ1) is 18.8. The van der Waals surface area contributed by atoms with Crippen molar-refractivity contribution in [2.75, 3.05) is 13.1 Å². The lowest BCUT2D eigenvalue weighted by Crippen LogP contribution is -2.32. The molecule has 0 spiro atoms. The van der Waals surface area contributed by atoms with Gasteiger partial charge < -0.3 is 20.2 Å². The Hall–Kier alpha value is -3.28. The van der Waals surface area contributed by atoms with E-state index in [9.17, 15) is 35.5 Å². The second-order valence-corrected chi connectivity index (χ2v) is 4.84. The number of hydrogen-bond acceptors (Lipinski definition) is 7. The van der Waals surface area contributed by atoms with Gasteiger partial charge in [-0.25, -0.2) is 0 Å². The number of nitriles is 1. The van der Waals surface area contributed by atoms with Crippen LogP contribution in [0.1, 0.15) is 25.8 Å². The molecule has 24 heavy (non-hydrogen) atoms. The summed E-state index contributed by atoms with van der Waals surface area (Å²) in [6.07, 6.45) is 0.643. The van der Waals surface area contributed by atoms with E-state index in [0.717, 1.165) is 12.1 Å². The van der Waals surface area contributed by atoms with Crippen molar-refractivity contribution < 1.29 is 25.0 Å². The van der Waals surface area contributed by atoms with Crippen LogP contribution in [0.4, 0.5) is 5.69 Å². The summed E-state index contributed by atoms with van der Waals surface area (Å²) in [6.45, 7) is 4.23. The standard InChI is InChI=1S/C15H17N3O6/c1-3-5-17(4-2)15(22)10(8-16)13(20)9-6-11(18(23)24)14(21)12(19)7-9/h6-7,19-21H,3-5H2,1-2H3/b13-10-. The molecule has 3 N–H and O–H groups in total. The van der Waals surface area contributed by atoms with Crippen molar-refractivity contribution in [1.29, 1.82) is 5.26 Å². The van der Waals surface area contributed by atoms with Gasteiger partial charge in [0.1, 0.15) is 11.8 Å². The monoisotopic (exact) mass is 335 g/mol. The number of aliphatic hydroxyl groups is 1. The van der Waals surface area contributed by atoms with Crippen molar-refractivity contribution in [3.63, 3.8) is 0 Å². The van der Waals surface area contributed by atoms with Crippen LogP contribution in [0.3, 0.4) is 0 Å². The van der Waals surface area contributed by atoms with Crippen LogP contribution in [-0.2, 0) is 4.79 Å². The highest BCUT2D eigenvalue weighted by molar-refractivity contribution is 6.03. The highest BCUT2D eigenvalue weighted by atomic mass is 16.6. The van der Waals surface area contributed by atoms with Gasteiger partial charge in [-0.2, -0.15) is 5.26 Å². The number of hydrogen-bond donors (Lipinski definition) is 3. The fourth-order valence-corrected chi connectivity index (χ4v) is 2.06. The molecule has 0 aliphatic carbocycles. The number of likely N-dealkylation sites (N-methyl/N-ethyl adjacent to an activating group) is 1. The number of phenolic OH excluding ortho intramolecular Hbond substituents is 2. The molecule has 0 fully saturated rings. The molecule has 1 rings (SSSR count). The summed E-state index contributed by atoms with van der Waals surface area (Å²) in [4.78, 5) is 23.6. The van der Waals surface area contributed by atoms with Crippen LogP contribution in [0.25, 0.3) is 5.76 Å². The number of aromatic hydroxyl groups is 2. The largest absolute Gasteiger partial charge is 0.506 e. The number of aliphatic hydroxyl groups excluding tert-OH is 1. The third kappa shape index (κ3) is 3.73. The zero-order valence-corrected chi connectivity index (χ0v) is 13.2. The van der Waals surface area contributed by atoms with Crippen LogP contribution < -0.4 is 0 Å². The molecule has 9 heteroatoms. The third-order valence-corrected chi connectivity index (χ3v) is 3.26. The lowest BCUT2D eigenvalue weighted by atomic mass is 10.1. The fraction of sp³-hybridized carbons (Fsp3) is 0.333. The molecule has 9 nitrogen and oxygen atoms in total. The molecule has 0 atom stereocenters. The quantitative estimate of drug-likeness (QED) is 0.180. The Morgan fingerprint density at radius 1 is 1.38 bits per heavy atom. The highest BCUT2D eigenvalue weighted by Gasteiger charge is 2.25. The summed E-state index contributed by atoms with van der Waals surface area (Å²) >= 11 is 0. The molecule has 1 aromatic rings. The van der Waals surface area contributed by atoms with E-state index in [-0.39, 0.29) is 5.56 Å². The minimum Gasteiger partial charge on any atom is -0.506 e. The first-order chi connectivity index (χ1) is 11.3. The molecule has 1 aromatic carbocycles. The van der Waals surface area contributed by atoms with E-state index in [1.54, 1.807) is 13.0 Å². The van der Waals surface area contributed by atoms with Gasteiger partial charge in [0, 0.05) is 24.7 Å². The molecule has 128 valence electrons. The molecule has 0 saturated carbocycles. The summed E-state index contributed by atoms with van der Waals surface area (Å²) in [5.74, 6) is -3.36. The van der Waals surface area contributed by atoms with Crippen LogP contribution in [0.5, 0.6) is 11.5 Å². The first-order valence-corrected chi connectivity index (χ1v) is 7.11. The molecule has 0 aliphatic heterocycles. The average Bonchev–Trinajstić information content (AvgIpc) is 2.54. The topological polar surface area (TPSA) is 148 Å². The molecule has 0 bridgehead atoms. The molecular weight excluding hydrogens is 318 g/mol. The Kier molecular flexibility index (Phi) is 6.12.